The maximum Gasteiger partial charge on any atom is 0.262 e. The Morgan fingerprint density at radius 3 is 2.09 bits per heavy atom. The third-order valence-electron chi connectivity index (χ3n) is 4.89. The standard InChI is InChI=1S/C23H25N3O5S/c1-15(28)24-20-8-4-7-19-18(20)6-5-9-21(19)32(30,31)26-17-12-10-16(11-13-17)25-22(29)23(2,3)14-27/h4-13,26-27H,14H2,1-3H3,(H,24,28)(H,25,29). The molecule has 32 heavy (non-hydrogen) atoms. The van der Waals surface area contributed by atoms with Gasteiger partial charge in [-0.25, -0.2) is 8.42 Å². The molecule has 9 heteroatoms. The van der Waals surface area contributed by atoms with Gasteiger partial charge in [0.25, 0.3) is 10.0 Å². The maximum atomic E-state index is 13.1. The molecule has 0 spiro atoms. The van der Waals surface area contributed by atoms with Crippen molar-refractivity contribution < 1.29 is 23.1 Å². The summed E-state index contributed by atoms with van der Waals surface area (Å²) in [6, 6.07) is 16.1. The van der Waals surface area contributed by atoms with Crippen molar-refractivity contribution >= 4 is 49.7 Å². The second kappa shape index (κ2) is 8.97. The smallest absolute Gasteiger partial charge is 0.262 e. The normalized spacial score (nSPS) is 11.8. The van der Waals surface area contributed by atoms with Crippen LogP contribution in [0.1, 0.15) is 20.8 Å². The molecule has 0 bridgehead atoms. The second-order valence-electron chi connectivity index (χ2n) is 8.02. The van der Waals surface area contributed by atoms with Crippen LogP contribution in [-0.4, -0.2) is 31.9 Å². The highest BCUT2D eigenvalue weighted by atomic mass is 32.2. The van der Waals surface area contributed by atoms with Gasteiger partial charge in [0, 0.05) is 34.8 Å². The van der Waals surface area contributed by atoms with E-state index in [1.807, 2.05) is 0 Å². The predicted molar refractivity (Wildman–Crippen MR) is 125 cm³/mol. The number of hydrogen-bond acceptors (Lipinski definition) is 5. The summed E-state index contributed by atoms with van der Waals surface area (Å²) < 4.78 is 28.7. The van der Waals surface area contributed by atoms with Crippen molar-refractivity contribution in [2.24, 2.45) is 5.41 Å². The van der Waals surface area contributed by atoms with Gasteiger partial charge in [0.05, 0.1) is 16.9 Å². The molecule has 0 aliphatic carbocycles. The minimum atomic E-state index is -3.93. The summed E-state index contributed by atoms with van der Waals surface area (Å²) in [6.45, 7) is 4.32. The van der Waals surface area contributed by atoms with Gasteiger partial charge in [-0.1, -0.05) is 24.3 Å². The Balaban J connectivity index is 1.86. The van der Waals surface area contributed by atoms with Gasteiger partial charge in [-0.15, -0.1) is 0 Å². The van der Waals surface area contributed by atoms with Crippen molar-refractivity contribution in [3.8, 4) is 0 Å². The third kappa shape index (κ3) is 5.06. The summed E-state index contributed by atoms with van der Waals surface area (Å²) in [6.07, 6.45) is 0. The molecule has 0 unspecified atom stereocenters. The number of aliphatic hydroxyl groups excluding tert-OH is 1. The van der Waals surface area contributed by atoms with Crippen molar-refractivity contribution in [1.29, 1.82) is 0 Å². The predicted octanol–water partition coefficient (Wildman–Crippen LogP) is 3.56. The number of hydrogen-bond donors (Lipinski definition) is 4. The molecule has 3 aromatic rings. The number of rotatable bonds is 7. The van der Waals surface area contributed by atoms with Crippen LogP contribution in [-0.2, 0) is 19.6 Å². The van der Waals surface area contributed by atoms with Crippen molar-refractivity contribution in [2.75, 3.05) is 22.0 Å². The number of benzene rings is 3. The van der Waals surface area contributed by atoms with Crippen LogP contribution >= 0.6 is 0 Å². The first-order valence-corrected chi connectivity index (χ1v) is 11.4. The van der Waals surface area contributed by atoms with Crippen LogP contribution in [0.25, 0.3) is 10.8 Å². The topological polar surface area (TPSA) is 125 Å². The zero-order valence-electron chi connectivity index (χ0n) is 18.0. The molecular formula is C23H25N3O5S. The lowest BCUT2D eigenvalue weighted by Gasteiger charge is -2.20. The zero-order chi connectivity index (χ0) is 23.5. The summed E-state index contributed by atoms with van der Waals surface area (Å²) >= 11 is 0. The summed E-state index contributed by atoms with van der Waals surface area (Å²) in [4.78, 5) is 23.7. The van der Waals surface area contributed by atoms with Crippen molar-refractivity contribution in [3.05, 3.63) is 60.7 Å². The quantitative estimate of drug-likeness (QED) is 0.434. The number of carbonyl (C=O) groups is 2. The van der Waals surface area contributed by atoms with E-state index in [-0.39, 0.29) is 23.3 Å². The second-order valence-corrected chi connectivity index (χ2v) is 9.67. The summed E-state index contributed by atoms with van der Waals surface area (Å²) in [7, 11) is -3.93. The maximum absolute atomic E-state index is 13.1. The molecule has 0 aromatic heterocycles. The van der Waals surface area contributed by atoms with E-state index < -0.39 is 15.4 Å². The van der Waals surface area contributed by atoms with E-state index in [0.717, 1.165) is 0 Å². The van der Waals surface area contributed by atoms with Crippen LogP contribution in [0.15, 0.2) is 65.6 Å². The van der Waals surface area contributed by atoms with Gasteiger partial charge in [0.1, 0.15) is 0 Å². The van der Waals surface area contributed by atoms with Gasteiger partial charge in [-0.2, -0.15) is 0 Å². The van der Waals surface area contributed by atoms with Crippen LogP contribution in [0.4, 0.5) is 17.1 Å². The molecule has 0 saturated carbocycles. The molecule has 0 fully saturated rings. The van der Waals surface area contributed by atoms with Crippen molar-refractivity contribution in [1.82, 2.24) is 0 Å². The third-order valence-corrected chi connectivity index (χ3v) is 6.33. The summed E-state index contributed by atoms with van der Waals surface area (Å²) in [5.41, 5.74) is 0.382. The van der Waals surface area contributed by atoms with Crippen LogP contribution in [0.5, 0.6) is 0 Å². The highest BCUT2D eigenvalue weighted by molar-refractivity contribution is 7.93. The number of sulfonamides is 1. The largest absolute Gasteiger partial charge is 0.395 e. The molecule has 0 heterocycles. The lowest BCUT2D eigenvalue weighted by molar-refractivity contribution is -0.125. The van der Waals surface area contributed by atoms with Gasteiger partial charge in [-0.05, 0) is 50.2 Å². The molecule has 0 radical (unpaired) electrons. The van der Waals surface area contributed by atoms with E-state index in [9.17, 15) is 23.1 Å². The first-order valence-electron chi connectivity index (χ1n) is 9.88. The molecule has 3 aromatic carbocycles. The number of carbonyl (C=O) groups excluding carboxylic acids is 2. The number of fused-ring (bicyclic) bond motifs is 1. The molecule has 4 N–H and O–H groups in total. The van der Waals surface area contributed by atoms with Crippen LogP contribution < -0.4 is 15.4 Å². The van der Waals surface area contributed by atoms with Gasteiger partial charge >= 0.3 is 0 Å². The van der Waals surface area contributed by atoms with E-state index in [2.05, 4.69) is 15.4 Å². The molecule has 0 saturated heterocycles. The average molecular weight is 456 g/mol. The fraction of sp³-hybridized carbons (Fsp3) is 0.217. The Hall–Kier alpha value is -3.43. The van der Waals surface area contributed by atoms with E-state index in [1.165, 1.54) is 25.1 Å². The van der Waals surface area contributed by atoms with Crippen molar-refractivity contribution in [2.45, 2.75) is 25.7 Å². The molecule has 168 valence electrons. The molecular weight excluding hydrogens is 430 g/mol. The van der Waals surface area contributed by atoms with Gasteiger partial charge < -0.3 is 15.7 Å². The number of anilines is 3. The number of amides is 2. The molecule has 0 aliphatic rings. The Morgan fingerprint density at radius 2 is 1.47 bits per heavy atom. The van der Waals surface area contributed by atoms with E-state index in [1.54, 1.807) is 56.3 Å². The minimum absolute atomic E-state index is 0.0734. The lowest BCUT2D eigenvalue weighted by Crippen LogP contribution is -2.33. The monoisotopic (exact) mass is 455 g/mol. The zero-order valence-corrected chi connectivity index (χ0v) is 18.8. The highest BCUT2D eigenvalue weighted by Gasteiger charge is 2.26. The SMILES string of the molecule is CC(=O)Nc1cccc2c(S(=O)(=O)Nc3ccc(NC(=O)C(C)(C)CO)cc3)cccc12. The Kier molecular flexibility index (Phi) is 6.52. The highest BCUT2D eigenvalue weighted by Crippen LogP contribution is 2.30. The molecule has 3 rings (SSSR count). The average Bonchev–Trinajstić information content (AvgIpc) is 2.74. The fourth-order valence-electron chi connectivity index (χ4n) is 3.02. The molecule has 0 aliphatic heterocycles. The van der Waals surface area contributed by atoms with E-state index >= 15 is 0 Å². The van der Waals surface area contributed by atoms with Crippen LogP contribution in [0.2, 0.25) is 0 Å². The van der Waals surface area contributed by atoms with Crippen LogP contribution in [0, 0.1) is 5.41 Å². The van der Waals surface area contributed by atoms with E-state index in [4.69, 9.17) is 0 Å². The van der Waals surface area contributed by atoms with Gasteiger partial charge in [-0.3, -0.25) is 14.3 Å². The minimum Gasteiger partial charge on any atom is -0.395 e. The van der Waals surface area contributed by atoms with Crippen molar-refractivity contribution in [3.63, 3.8) is 0 Å². The fourth-order valence-corrected chi connectivity index (χ4v) is 4.30. The summed E-state index contributed by atoms with van der Waals surface area (Å²) in [5.74, 6) is -0.600. The lowest BCUT2D eigenvalue weighted by atomic mass is 9.93. The van der Waals surface area contributed by atoms with E-state index in [0.29, 0.717) is 27.8 Å². The Morgan fingerprint density at radius 1 is 0.875 bits per heavy atom. The van der Waals surface area contributed by atoms with Gasteiger partial charge in [0.15, 0.2) is 0 Å². The number of nitrogens with one attached hydrogen (secondary N) is 3. The van der Waals surface area contributed by atoms with Crippen LogP contribution in [0.3, 0.4) is 0 Å². The number of aliphatic hydroxyl groups is 1. The first kappa shape index (κ1) is 23.2. The Bertz CT molecular complexity index is 1270. The first-order chi connectivity index (χ1) is 15.0. The molecule has 2 amide bonds. The molecule has 8 nitrogen and oxygen atoms in total. The summed E-state index contributed by atoms with van der Waals surface area (Å²) in [5, 5.41) is 15.8. The Labute approximate surface area is 186 Å². The van der Waals surface area contributed by atoms with Gasteiger partial charge in [0.2, 0.25) is 11.8 Å². The molecule has 0 atom stereocenters.